The Balaban J connectivity index is 1.68. The third-order valence-corrected chi connectivity index (χ3v) is 6.46. The predicted octanol–water partition coefficient (Wildman–Crippen LogP) is 3.67. The van der Waals surface area contributed by atoms with Gasteiger partial charge in [-0.1, -0.05) is 42.5 Å². The molecule has 0 radical (unpaired) electrons. The number of carbonyl (C=O) groups excluding carboxylic acids is 1. The number of piperazine rings is 1. The number of carbonyl (C=O) groups is 1. The topological polar surface area (TPSA) is 35.6 Å². The largest absolute Gasteiger partial charge is 0.350 e. The highest BCUT2D eigenvalue weighted by molar-refractivity contribution is 6.42. The third kappa shape index (κ3) is 4.48. The number of benzene rings is 1. The van der Waals surface area contributed by atoms with Crippen molar-refractivity contribution < 1.29 is 4.79 Å². The Morgan fingerprint density at radius 3 is 2.40 bits per heavy atom. The molecular formula is C19H27Cl2N3O. The van der Waals surface area contributed by atoms with Crippen LogP contribution in [0.15, 0.2) is 18.2 Å². The maximum atomic E-state index is 12.6. The first-order chi connectivity index (χ1) is 12.0. The number of hydrogen-bond acceptors (Lipinski definition) is 3. The maximum Gasteiger partial charge on any atom is 0.251 e. The average molecular weight is 384 g/mol. The molecule has 25 heavy (non-hydrogen) atoms. The van der Waals surface area contributed by atoms with Gasteiger partial charge in [-0.15, -0.1) is 0 Å². The second kappa shape index (κ2) is 8.26. The van der Waals surface area contributed by atoms with Crippen LogP contribution in [0.2, 0.25) is 10.0 Å². The van der Waals surface area contributed by atoms with Crippen molar-refractivity contribution in [1.82, 2.24) is 15.1 Å². The van der Waals surface area contributed by atoms with Crippen molar-refractivity contribution in [3.05, 3.63) is 33.8 Å². The highest BCUT2D eigenvalue weighted by Gasteiger charge is 2.39. The van der Waals surface area contributed by atoms with Gasteiger partial charge in [0.05, 0.1) is 10.0 Å². The fourth-order valence-corrected chi connectivity index (χ4v) is 4.38. The van der Waals surface area contributed by atoms with E-state index in [-0.39, 0.29) is 11.4 Å². The van der Waals surface area contributed by atoms with Gasteiger partial charge in [-0.2, -0.15) is 0 Å². The standard InChI is InChI=1S/C19H27Cl2N3O/c1-23-9-11-24(12-10-23)19(7-3-2-4-8-19)14-22-18(25)15-5-6-16(20)17(21)13-15/h5-6,13H,2-4,7-12,14H2,1H3,(H,22,25). The van der Waals surface area contributed by atoms with Crippen molar-refractivity contribution in [3.63, 3.8) is 0 Å². The molecule has 2 aliphatic rings. The van der Waals surface area contributed by atoms with Gasteiger partial charge < -0.3 is 10.2 Å². The lowest BCUT2D eigenvalue weighted by Crippen LogP contribution is -2.61. The molecule has 1 aliphatic heterocycles. The van der Waals surface area contributed by atoms with Crippen LogP contribution >= 0.6 is 23.2 Å². The number of halogens is 2. The predicted molar refractivity (Wildman–Crippen MR) is 104 cm³/mol. The van der Waals surface area contributed by atoms with E-state index < -0.39 is 0 Å². The van der Waals surface area contributed by atoms with Gasteiger partial charge in [-0.05, 0) is 38.1 Å². The number of nitrogens with one attached hydrogen (secondary N) is 1. The van der Waals surface area contributed by atoms with Crippen LogP contribution in [0.4, 0.5) is 0 Å². The molecule has 2 fully saturated rings. The zero-order valence-corrected chi connectivity index (χ0v) is 16.4. The molecule has 0 aromatic heterocycles. The van der Waals surface area contributed by atoms with Gasteiger partial charge in [0.1, 0.15) is 0 Å². The second-order valence-electron chi connectivity index (χ2n) is 7.39. The molecule has 1 N–H and O–H groups in total. The Hall–Kier alpha value is -0.810. The summed E-state index contributed by atoms with van der Waals surface area (Å²) in [5, 5.41) is 4.06. The Kier molecular flexibility index (Phi) is 6.26. The monoisotopic (exact) mass is 383 g/mol. The smallest absolute Gasteiger partial charge is 0.251 e. The quantitative estimate of drug-likeness (QED) is 0.861. The second-order valence-corrected chi connectivity index (χ2v) is 8.20. The minimum Gasteiger partial charge on any atom is -0.350 e. The van der Waals surface area contributed by atoms with E-state index in [1.807, 2.05) is 0 Å². The average Bonchev–Trinajstić information content (AvgIpc) is 2.63. The maximum absolute atomic E-state index is 12.6. The molecule has 0 spiro atoms. The summed E-state index contributed by atoms with van der Waals surface area (Å²) in [6, 6.07) is 5.05. The summed E-state index contributed by atoms with van der Waals surface area (Å²) in [5.74, 6) is -0.0716. The van der Waals surface area contributed by atoms with Crippen molar-refractivity contribution >= 4 is 29.1 Å². The molecular weight excluding hydrogens is 357 g/mol. The number of likely N-dealkylation sites (N-methyl/N-ethyl adjacent to an activating group) is 1. The minimum atomic E-state index is -0.0716. The van der Waals surface area contributed by atoms with Gasteiger partial charge in [0.15, 0.2) is 0 Å². The molecule has 1 amide bonds. The molecule has 0 atom stereocenters. The van der Waals surface area contributed by atoms with Crippen LogP contribution in [0.1, 0.15) is 42.5 Å². The summed E-state index contributed by atoms with van der Waals surface area (Å²) >= 11 is 12.0. The first kappa shape index (κ1) is 19.0. The SMILES string of the molecule is CN1CCN(C2(CNC(=O)c3ccc(Cl)c(Cl)c3)CCCCC2)CC1. The van der Waals surface area contributed by atoms with E-state index in [1.165, 1.54) is 32.1 Å². The summed E-state index contributed by atoms with van der Waals surface area (Å²) in [4.78, 5) is 17.6. The van der Waals surface area contributed by atoms with Gasteiger partial charge in [0.25, 0.3) is 5.91 Å². The van der Waals surface area contributed by atoms with Crippen LogP contribution in [0.5, 0.6) is 0 Å². The molecule has 1 saturated carbocycles. The van der Waals surface area contributed by atoms with Crippen LogP contribution in [-0.4, -0.2) is 61.0 Å². The lowest BCUT2D eigenvalue weighted by atomic mass is 9.79. The first-order valence-corrected chi connectivity index (χ1v) is 9.93. The minimum absolute atomic E-state index is 0.0716. The van der Waals surface area contributed by atoms with E-state index in [9.17, 15) is 4.79 Å². The lowest BCUT2D eigenvalue weighted by Gasteiger charge is -2.49. The van der Waals surface area contributed by atoms with E-state index in [0.29, 0.717) is 22.2 Å². The Bertz CT molecular complexity index is 609. The normalized spacial score (nSPS) is 21.9. The van der Waals surface area contributed by atoms with Crippen molar-refractivity contribution in [2.75, 3.05) is 39.8 Å². The molecule has 4 nitrogen and oxygen atoms in total. The van der Waals surface area contributed by atoms with Crippen molar-refractivity contribution in [1.29, 1.82) is 0 Å². The summed E-state index contributed by atoms with van der Waals surface area (Å²) < 4.78 is 0. The van der Waals surface area contributed by atoms with E-state index in [1.54, 1.807) is 18.2 Å². The van der Waals surface area contributed by atoms with E-state index in [0.717, 1.165) is 26.2 Å². The third-order valence-electron chi connectivity index (χ3n) is 5.72. The molecule has 6 heteroatoms. The molecule has 138 valence electrons. The molecule has 1 heterocycles. The molecule has 1 aliphatic carbocycles. The van der Waals surface area contributed by atoms with Gasteiger partial charge in [-0.3, -0.25) is 9.69 Å². The van der Waals surface area contributed by atoms with Crippen molar-refractivity contribution in [2.24, 2.45) is 0 Å². The van der Waals surface area contributed by atoms with E-state index in [2.05, 4.69) is 22.2 Å². The number of nitrogens with zero attached hydrogens (tertiary/aromatic N) is 2. The number of rotatable bonds is 4. The van der Waals surface area contributed by atoms with Crippen molar-refractivity contribution in [2.45, 2.75) is 37.6 Å². The zero-order valence-electron chi connectivity index (χ0n) is 14.9. The van der Waals surface area contributed by atoms with Gasteiger partial charge in [0.2, 0.25) is 0 Å². The highest BCUT2D eigenvalue weighted by Crippen LogP contribution is 2.34. The van der Waals surface area contributed by atoms with E-state index >= 15 is 0 Å². The Morgan fingerprint density at radius 2 is 1.76 bits per heavy atom. The zero-order chi connectivity index (χ0) is 17.9. The first-order valence-electron chi connectivity index (χ1n) is 9.17. The van der Waals surface area contributed by atoms with Crippen LogP contribution in [0, 0.1) is 0 Å². The highest BCUT2D eigenvalue weighted by atomic mass is 35.5. The summed E-state index contributed by atoms with van der Waals surface area (Å²) in [7, 11) is 2.18. The fourth-order valence-electron chi connectivity index (χ4n) is 4.08. The number of hydrogen-bond donors (Lipinski definition) is 1. The molecule has 3 rings (SSSR count). The lowest BCUT2D eigenvalue weighted by molar-refractivity contribution is 0.0138. The molecule has 1 aromatic carbocycles. The summed E-state index contributed by atoms with van der Waals surface area (Å²) in [6.45, 7) is 5.07. The summed E-state index contributed by atoms with van der Waals surface area (Å²) in [6.07, 6.45) is 6.12. The Morgan fingerprint density at radius 1 is 1.08 bits per heavy atom. The van der Waals surface area contributed by atoms with Gasteiger partial charge in [-0.25, -0.2) is 0 Å². The fraction of sp³-hybridized carbons (Fsp3) is 0.632. The van der Waals surface area contributed by atoms with Crippen LogP contribution in [0.25, 0.3) is 0 Å². The van der Waals surface area contributed by atoms with E-state index in [4.69, 9.17) is 23.2 Å². The molecule has 1 aromatic rings. The van der Waals surface area contributed by atoms with Crippen LogP contribution < -0.4 is 5.32 Å². The Labute approximate surface area is 160 Å². The van der Waals surface area contributed by atoms with Crippen molar-refractivity contribution in [3.8, 4) is 0 Å². The van der Waals surface area contributed by atoms with Crippen LogP contribution in [0.3, 0.4) is 0 Å². The van der Waals surface area contributed by atoms with Gasteiger partial charge in [0, 0.05) is 43.8 Å². The summed E-state index contributed by atoms with van der Waals surface area (Å²) in [5.41, 5.74) is 0.671. The molecule has 0 unspecified atom stereocenters. The molecule has 0 bridgehead atoms. The van der Waals surface area contributed by atoms with Gasteiger partial charge >= 0.3 is 0 Å². The van der Waals surface area contributed by atoms with Crippen LogP contribution in [-0.2, 0) is 0 Å². The number of amides is 1. The molecule has 1 saturated heterocycles.